The summed E-state index contributed by atoms with van der Waals surface area (Å²) in [6.07, 6.45) is -0.968. The fourth-order valence-corrected chi connectivity index (χ4v) is 2.27. The molecule has 0 spiro atoms. The van der Waals surface area contributed by atoms with Crippen LogP contribution in [-0.4, -0.2) is 38.7 Å². The Bertz CT molecular complexity index is 499. The normalized spacial score (nSPS) is 11.6. The van der Waals surface area contributed by atoms with Gasteiger partial charge in [-0.25, -0.2) is 4.79 Å². The van der Waals surface area contributed by atoms with E-state index >= 15 is 0 Å². The average molecular weight is 333 g/mol. The summed E-state index contributed by atoms with van der Waals surface area (Å²) >= 11 is 3.18. The molecule has 1 atom stereocenters. The number of esters is 1. The van der Waals surface area contributed by atoms with Crippen molar-refractivity contribution in [3.05, 3.63) is 21.7 Å². The third-order valence-electron chi connectivity index (χ3n) is 2.49. The third-order valence-corrected chi connectivity index (χ3v) is 3.14. The Hall–Kier alpha value is -1.60. The number of ether oxygens (including phenoxy) is 3. The van der Waals surface area contributed by atoms with Crippen molar-refractivity contribution in [2.24, 2.45) is 0 Å². The summed E-state index contributed by atoms with van der Waals surface area (Å²) in [6.45, 7) is 0. The molecule has 1 aromatic carbocycles. The number of aldehydes is 1. The fourth-order valence-electron chi connectivity index (χ4n) is 1.63. The van der Waals surface area contributed by atoms with Gasteiger partial charge in [0.05, 0.1) is 32.5 Å². The molecule has 6 nitrogen and oxygen atoms in total. The SMILES string of the molecule is COC(=O)C(O)c1c(Br)cc(C=O)c(OC)c1OC. The quantitative estimate of drug-likeness (QED) is 0.649. The lowest BCUT2D eigenvalue weighted by Crippen LogP contribution is -2.16. The van der Waals surface area contributed by atoms with Crippen LogP contribution < -0.4 is 9.47 Å². The van der Waals surface area contributed by atoms with Crippen LogP contribution in [0.25, 0.3) is 0 Å². The second-order valence-corrected chi connectivity index (χ2v) is 4.33. The lowest BCUT2D eigenvalue weighted by Gasteiger charge is -2.18. The van der Waals surface area contributed by atoms with Gasteiger partial charge in [0, 0.05) is 4.47 Å². The summed E-state index contributed by atoms with van der Waals surface area (Å²) in [5.74, 6) is -0.615. The number of hydrogen-bond acceptors (Lipinski definition) is 6. The van der Waals surface area contributed by atoms with E-state index in [2.05, 4.69) is 20.7 Å². The first kappa shape index (κ1) is 15.5. The van der Waals surface area contributed by atoms with E-state index in [1.807, 2.05) is 0 Å². The first-order valence-corrected chi connectivity index (χ1v) is 5.96. The number of rotatable bonds is 5. The van der Waals surface area contributed by atoms with Crippen LogP contribution >= 0.6 is 15.9 Å². The molecule has 1 N–H and O–H groups in total. The van der Waals surface area contributed by atoms with Gasteiger partial charge in [0.25, 0.3) is 0 Å². The molecule has 0 aliphatic rings. The molecule has 0 aliphatic heterocycles. The molecular weight excluding hydrogens is 320 g/mol. The molecule has 0 aliphatic carbocycles. The molecule has 0 bridgehead atoms. The molecule has 0 aromatic heterocycles. The van der Waals surface area contributed by atoms with Crippen LogP contribution in [0.1, 0.15) is 22.0 Å². The van der Waals surface area contributed by atoms with E-state index in [0.717, 1.165) is 7.11 Å². The van der Waals surface area contributed by atoms with Gasteiger partial charge in [-0.05, 0) is 6.07 Å². The maximum Gasteiger partial charge on any atom is 0.339 e. The Kier molecular flexibility index (Phi) is 5.31. The zero-order valence-corrected chi connectivity index (χ0v) is 12.2. The fraction of sp³-hybridized carbons (Fsp3) is 0.333. The minimum Gasteiger partial charge on any atom is -0.492 e. The van der Waals surface area contributed by atoms with Crippen LogP contribution in [-0.2, 0) is 9.53 Å². The van der Waals surface area contributed by atoms with Crippen LogP contribution in [0.15, 0.2) is 10.5 Å². The van der Waals surface area contributed by atoms with Gasteiger partial charge in [0.2, 0.25) is 0 Å². The number of halogens is 1. The van der Waals surface area contributed by atoms with Crippen molar-refractivity contribution < 1.29 is 28.9 Å². The number of carbonyl (C=O) groups excluding carboxylic acids is 2. The van der Waals surface area contributed by atoms with Gasteiger partial charge < -0.3 is 19.3 Å². The van der Waals surface area contributed by atoms with Crippen LogP contribution in [0.5, 0.6) is 11.5 Å². The molecule has 0 fully saturated rings. The van der Waals surface area contributed by atoms with Crippen LogP contribution in [0.2, 0.25) is 0 Å². The Balaban J connectivity index is 3.55. The number of benzene rings is 1. The van der Waals surface area contributed by atoms with Crippen LogP contribution in [0.4, 0.5) is 0 Å². The summed E-state index contributed by atoms with van der Waals surface area (Å²) in [7, 11) is 3.85. The van der Waals surface area contributed by atoms with Gasteiger partial charge in [-0.1, -0.05) is 15.9 Å². The third kappa shape index (κ3) is 2.87. The highest BCUT2D eigenvalue weighted by molar-refractivity contribution is 9.10. The lowest BCUT2D eigenvalue weighted by atomic mass is 10.0. The molecule has 1 rings (SSSR count). The first-order chi connectivity index (χ1) is 9.01. The van der Waals surface area contributed by atoms with Crippen molar-refractivity contribution in [2.75, 3.05) is 21.3 Å². The minimum absolute atomic E-state index is 0.0943. The van der Waals surface area contributed by atoms with Gasteiger partial charge in [-0.2, -0.15) is 0 Å². The smallest absolute Gasteiger partial charge is 0.339 e. The summed E-state index contributed by atoms with van der Waals surface area (Å²) in [4.78, 5) is 22.4. The van der Waals surface area contributed by atoms with Gasteiger partial charge in [-0.15, -0.1) is 0 Å². The van der Waals surface area contributed by atoms with Crippen molar-refractivity contribution in [2.45, 2.75) is 6.10 Å². The monoisotopic (exact) mass is 332 g/mol. The standard InChI is InChI=1S/C12H13BrO6/c1-17-10-6(5-14)4-7(13)8(11(10)18-2)9(15)12(16)19-3/h4-5,9,15H,1-3H3. The van der Waals surface area contributed by atoms with E-state index in [4.69, 9.17) is 9.47 Å². The maximum absolute atomic E-state index is 11.4. The highest BCUT2D eigenvalue weighted by atomic mass is 79.9. The molecule has 104 valence electrons. The van der Waals surface area contributed by atoms with Gasteiger partial charge in [-0.3, -0.25) is 4.79 Å². The predicted molar refractivity (Wildman–Crippen MR) is 69.6 cm³/mol. The molecule has 0 saturated carbocycles. The number of hydrogen-bond donors (Lipinski definition) is 1. The summed E-state index contributed by atoms with van der Waals surface area (Å²) in [5, 5.41) is 9.94. The van der Waals surface area contributed by atoms with Crippen molar-refractivity contribution in [1.82, 2.24) is 0 Å². The van der Waals surface area contributed by atoms with E-state index in [-0.39, 0.29) is 22.6 Å². The number of aliphatic hydroxyl groups excluding tert-OH is 1. The van der Waals surface area contributed by atoms with Crippen LogP contribution in [0.3, 0.4) is 0 Å². The molecule has 1 unspecified atom stereocenters. The summed E-state index contributed by atoms with van der Waals surface area (Å²) in [5.41, 5.74) is 0.365. The van der Waals surface area contributed by atoms with E-state index in [1.165, 1.54) is 20.3 Å². The molecule has 0 saturated heterocycles. The Morgan fingerprint density at radius 3 is 2.32 bits per heavy atom. The average Bonchev–Trinajstić information content (AvgIpc) is 2.43. The van der Waals surface area contributed by atoms with Crippen molar-refractivity contribution in [3.8, 4) is 11.5 Å². The second-order valence-electron chi connectivity index (χ2n) is 3.47. The van der Waals surface area contributed by atoms with Crippen molar-refractivity contribution in [3.63, 3.8) is 0 Å². The van der Waals surface area contributed by atoms with E-state index in [0.29, 0.717) is 10.8 Å². The summed E-state index contributed by atoms with van der Waals surface area (Å²) in [6, 6.07) is 1.43. The van der Waals surface area contributed by atoms with Crippen molar-refractivity contribution >= 4 is 28.2 Å². The highest BCUT2D eigenvalue weighted by Crippen LogP contribution is 2.42. The number of carbonyl (C=O) groups is 2. The van der Waals surface area contributed by atoms with Crippen LogP contribution in [0, 0.1) is 0 Å². The Labute approximate surface area is 118 Å². The van der Waals surface area contributed by atoms with E-state index in [9.17, 15) is 14.7 Å². The first-order valence-electron chi connectivity index (χ1n) is 5.17. The van der Waals surface area contributed by atoms with Crippen molar-refractivity contribution in [1.29, 1.82) is 0 Å². The molecule has 0 amide bonds. The van der Waals surface area contributed by atoms with E-state index < -0.39 is 12.1 Å². The molecule has 0 heterocycles. The Morgan fingerprint density at radius 2 is 1.89 bits per heavy atom. The number of aliphatic hydroxyl groups is 1. The molecule has 7 heteroatoms. The molecule has 0 radical (unpaired) electrons. The van der Waals surface area contributed by atoms with Gasteiger partial charge in [0.15, 0.2) is 23.9 Å². The van der Waals surface area contributed by atoms with Gasteiger partial charge in [0.1, 0.15) is 0 Å². The molecular formula is C12H13BrO6. The molecule has 19 heavy (non-hydrogen) atoms. The van der Waals surface area contributed by atoms with Gasteiger partial charge >= 0.3 is 5.97 Å². The number of methoxy groups -OCH3 is 3. The minimum atomic E-state index is -1.55. The highest BCUT2D eigenvalue weighted by Gasteiger charge is 2.28. The lowest BCUT2D eigenvalue weighted by molar-refractivity contribution is -0.150. The summed E-state index contributed by atoms with van der Waals surface area (Å²) < 4.78 is 15.0. The molecule has 1 aromatic rings. The predicted octanol–water partition coefficient (Wildman–Crippen LogP) is 1.49. The Morgan fingerprint density at radius 1 is 1.32 bits per heavy atom. The topological polar surface area (TPSA) is 82.1 Å². The zero-order valence-electron chi connectivity index (χ0n) is 10.6. The second kappa shape index (κ2) is 6.53. The zero-order chi connectivity index (χ0) is 14.6. The largest absolute Gasteiger partial charge is 0.492 e. The van der Waals surface area contributed by atoms with E-state index in [1.54, 1.807) is 0 Å². The maximum atomic E-state index is 11.4.